The predicted molar refractivity (Wildman–Crippen MR) is 66.4 cm³/mol. The van der Waals surface area contributed by atoms with E-state index in [9.17, 15) is 4.79 Å². The number of carbonyl (C=O) groups is 1. The van der Waals surface area contributed by atoms with Crippen molar-refractivity contribution < 1.29 is 4.79 Å². The number of hydrogen-bond acceptors (Lipinski definition) is 4. The monoisotopic (exact) mass is 286 g/mol. The number of amides is 1. The molecule has 1 aromatic heterocycles. The van der Waals surface area contributed by atoms with Gasteiger partial charge >= 0.3 is 0 Å². The van der Waals surface area contributed by atoms with Crippen LogP contribution in [0.1, 0.15) is 12.2 Å². The van der Waals surface area contributed by atoms with E-state index in [0.717, 1.165) is 10.4 Å². The largest absolute Gasteiger partial charge is 0.359 e. The van der Waals surface area contributed by atoms with Gasteiger partial charge in [-0.15, -0.1) is 0 Å². The minimum atomic E-state index is 0.0247. The lowest BCUT2D eigenvalue weighted by Gasteiger charge is -2.17. The van der Waals surface area contributed by atoms with Crippen LogP contribution in [0.15, 0.2) is 10.7 Å². The molecule has 1 amide bonds. The molecule has 0 aliphatic carbocycles. The van der Waals surface area contributed by atoms with E-state index in [4.69, 9.17) is 0 Å². The van der Waals surface area contributed by atoms with Crippen LogP contribution in [0.3, 0.4) is 0 Å². The molecule has 5 nitrogen and oxygen atoms in total. The summed E-state index contributed by atoms with van der Waals surface area (Å²) < 4.78 is 0.752. The first-order valence-electron chi connectivity index (χ1n) is 4.96. The fourth-order valence-electron chi connectivity index (χ4n) is 1.22. The highest BCUT2D eigenvalue weighted by atomic mass is 79.9. The third kappa shape index (κ3) is 3.77. The van der Waals surface area contributed by atoms with E-state index < -0.39 is 0 Å². The molecule has 0 aliphatic heterocycles. The van der Waals surface area contributed by atoms with Crippen molar-refractivity contribution in [3.63, 3.8) is 0 Å². The molecule has 1 aromatic rings. The molecular formula is C10H15BrN4O. The Morgan fingerprint density at radius 2 is 2.25 bits per heavy atom. The molecule has 6 heteroatoms. The Morgan fingerprint density at radius 1 is 1.56 bits per heavy atom. The molecule has 88 valence electrons. The number of carbonyl (C=O) groups excluding carboxylic acids is 1. The smallest absolute Gasteiger partial charge is 0.221 e. The fraction of sp³-hybridized carbons (Fsp3) is 0.500. The molecule has 0 spiro atoms. The summed E-state index contributed by atoms with van der Waals surface area (Å²) in [6, 6.07) is 1.83. The minimum absolute atomic E-state index is 0.0247. The zero-order chi connectivity index (χ0) is 12.1. The fourth-order valence-corrected chi connectivity index (χ4v) is 1.68. The Bertz CT molecular complexity index is 363. The van der Waals surface area contributed by atoms with E-state index in [1.807, 2.05) is 24.9 Å². The van der Waals surface area contributed by atoms with Gasteiger partial charge in [0.05, 0.1) is 0 Å². The predicted octanol–water partition coefficient (Wildman–Crippen LogP) is 1.12. The summed E-state index contributed by atoms with van der Waals surface area (Å²) in [6.45, 7) is 2.46. The molecule has 0 saturated heterocycles. The van der Waals surface area contributed by atoms with Crippen LogP contribution >= 0.6 is 15.9 Å². The van der Waals surface area contributed by atoms with Gasteiger partial charge in [0.25, 0.3) is 0 Å². The van der Waals surface area contributed by atoms with E-state index in [0.29, 0.717) is 18.8 Å². The molecule has 0 radical (unpaired) electrons. The number of nitrogens with one attached hydrogen (secondary N) is 1. The second kappa shape index (κ2) is 5.79. The molecule has 0 saturated carbocycles. The number of nitrogens with zero attached hydrogens (tertiary/aromatic N) is 3. The molecule has 1 rings (SSSR count). The SMILES string of the molecule is CNC(=O)CCN(C)c1cc(Br)nc(C)n1. The molecule has 0 unspecified atom stereocenters. The summed E-state index contributed by atoms with van der Waals surface area (Å²) in [4.78, 5) is 21.4. The average molecular weight is 287 g/mol. The van der Waals surface area contributed by atoms with Crippen molar-refractivity contribution in [1.29, 1.82) is 0 Å². The summed E-state index contributed by atoms with van der Waals surface area (Å²) in [5.41, 5.74) is 0. The Balaban J connectivity index is 2.65. The number of anilines is 1. The number of halogens is 1. The van der Waals surface area contributed by atoms with Gasteiger partial charge in [-0.3, -0.25) is 4.79 Å². The molecule has 0 aromatic carbocycles. The van der Waals surface area contributed by atoms with E-state index in [2.05, 4.69) is 31.2 Å². The van der Waals surface area contributed by atoms with Crippen LogP contribution in [0.2, 0.25) is 0 Å². The van der Waals surface area contributed by atoms with Gasteiger partial charge in [0.15, 0.2) is 0 Å². The number of aromatic nitrogens is 2. The van der Waals surface area contributed by atoms with Gasteiger partial charge in [0.1, 0.15) is 16.2 Å². The maximum Gasteiger partial charge on any atom is 0.221 e. The van der Waals surface area contributed by atoms with Crippen LogP contribution in [-0.2, 0) is 4.79 Å². The van der Waals surface area contributed by atoms with Crippen LogP contribution in [0, 0.1) is 6.92 Å². The molecule has 1 heterocycles. The third-order valence-corrected chi connectivity index (χ3v) is 2.54. The lowest BCUT2D eigenvalue weighted by Crippen LogP contribution is -2.27. The first-order valence-corrected chi connectivity index (χ1v) is 5.75. The first kappa shape index (κ1) is 12.9. The van der Waals surface area contributed by atoms with E-state index >= 15 is 0 Å². The Morgan fingerprint density at radius 3 is 2.81 bits per heavy atom. The maximum atomic E-state index is 11.1. The molecule has 0 fully saturated rings. The summed E-state index contributed by atoms with van der Waals surface area (Å²) in [6.07, 6.45) is 0.452. The van der Waals surface area contributed by atoms with Gasteiger partial charge in [-0.25, -0.2) is 9.97 Å². The third-order valence-electron chi connectivity index (χ3n) is 2.14. The maximum absolute atomic E-state index is 11.1. The zero-order valence-electron chi connectivity index (χ0n) is 9.62. The van der Waals surface area contributed by atoms with Crippen LogP contribution in [0.25, 0.3) is 0 Å². The van der Waals surface area contributed by atoms with E-state index in [1.54, 1.807) is 7.05 Å². The van der Waals surface area contributed by atoms with Gasteiger partial charge in [0.2, 0.25) is 5.91 Å². The van der Waals surface area contributed by atoms with Crippen molar-refractivity contribution in [2.45, 2.75) is 13.3 Å². The van der Waals surface area contributed by atoms with E-state index in [-0.39, 0.29) is 5.91 Å². The lowest BCUT2D eigenvalue weighted by molar-refractivity contribution is -0.120. The van der Waals surface area contributed by atoms with Gasteiger partial charge in [-0.2, -0.15) is 0 Å². The van der Waals surface area contributed by atoms with Crippen molar-refractivity contribution in [1.82, 2.24) is 15.3 Å². The number of hydrogen-bond donors (Lipinski definition) is 1. The van der Waals surface area contributed by atoms with Gasteiger partial charge in [-0.1, -0.05) is 0 Å². The average Bonchev–Trinajstić information content (AvgIpc) is 2.23. The van der Waals surface area contributed by atoms with Crippen LogP contribution in [-0.4, -0.2) is 36.5 Å². The summed E-state index contributed by atoms with van der Waals surface area (Å²) in [7, 11) is 3.53. The Labute approximate surface area is 103 Å². The summed E-state index contributed by atoms with van der Waals surface area (Å²) >= 11 is 3.32. The number of rotatable bonds is 4. The van der Waals surface area contributed by atoms with Crippen molar-refractivity contribution in [2.24, 2.45) is 0 Å². The quantitative estimate of drug-likeness (QED) is 0.843. The highest BCUT2D eigenvalue weighted by Gasteiger charge is 2.07. The second-order valence-electron chi connectivity index (χ2n) is 3.44. The zero-order valence-corrected chi connectivity index (χ0v) is 11.2. The lowest BCUT2D eigenvalue weighted by atomic mass is 10.3. The van der Waals surface area contributed by atoms with Gasteiger partial charge < -0.3 is 10.2 Å². The van der Waals surface area contributed by atoms with Gasteiger partial charge in [0, 0.05) is 33.1 Å². The molecule has 16 heavy (non-hydrogen) atoms. The topological polar surface area (TPSA) is 58.1 Å². The van der Waals surface area contributed by atoms with Gasteiger partial charge in [-0.05, 0) is 22.9 Å². The standard InChI is InChI=1S/C10H15BrN4O/c1-7-13-8(11)6-9(14-7)15(3)5-4-10(16)12-2/h6H,4-5H2,1-3H3,(H,12,16). The van der Waals surface area contributed by atoms with E-state index in [1.165, 1.54) is 0 Å². The summed E-state index contributed by atoms with van der Waals surface area (Å²) in [5, 5.41) is 2.59. The number of aryl methyl sites for hydroxylation is 1. The van der Waals surface area contributed by atoms with Crippen molar-refractivity contribution >= 4 is 27.7 Å². The molecular weight excluding hydrogens is 272 g/mol. The van der Waals surface area contributed by atoms with Crippen molar-refractivity contribution in [3.8, 4) is 0 Å². The molecule has 0 aliphatic rings. The highest BCUT2D eigenvalue weighted by Crippen LogP contribution is 2.15. The van der Waals surface area contributed by atoms with Crippen molar-refractivity contribution in [3.05, 3.63) is 16.5 Å². The van der Waals surface area contributed by atoms with Crippen LogP contribution in [0.5, 0.6) is 0 Å². The summed E-state index contributed by atoms with van der Waals surface area (Å²) in [5.74, 6) is 1.54. The minimum Gasteiger partial charge on any atom is -0.359 e. The second-order valence-corrected chi connectivity index (χ2v) is 4.25. The molecule has 0 atom stereocenters. The molecule has 0 bridgehead atoms. The first-order chi connectivity index (χ1) is 7.52. The molecule has 1 N–H and O–H groups in total. The van der Waals surface area contributed by atoms with Crippen molar-refractivity contribution in [2.75, 3.05) is 25.5 Å². The normalized spacial score (nSPS) is 10.0. The van der Waals surface area contributed by atoms with Crippen LogP contribution in [0.4, 0.5) is 5.82 Å². The van der Waals surface area contributed by atoms with Crippen LogP contribution < -0.4 is 10.2 Å². The Kier molecular flexibility index (Phi) is 4.67. The highest BCUT2D eigenvalue weighted by molar-refractivity contribution is 9.10. The Hall–Kier alpha value is -1.17.